The normalized spacial score (nSPS) is 22.1. The maximum absolute atomic E-state index is 6.07. The summed E-state index contributed by atoms with van der Waals surface area (Å²) in [6.07, 6.45) is 6.57. The van der Waals surface area contributed by atoms with Crippen molar-refractivity contribution in [3.05, 3.63) is 58.9 Å². The third-order valence-corrected chi connectivity index (χ3v) is 4.08. The Morgan fingerprint density at radius 2 is 2.16 bits per heavy atom. The van der Waals surface area contributed by atoms with Gasteiger partial charge in [0.2, 0.25) is 0 Å². The van der Waals surface area contributed by atoms with Gasteiger partial charge in [-0.05, 0) is 55.7 Å². The first-order valence-corrected chi connectivity index (χ1v) is 6.90. The molecule has 2 nitrogen and oxygen atoms in total. The Kier molecular flexibility index (Phi) is 2.90. The number of nitrogen functional groups attached to an aromatic ring is 1. The molecule has 1 unspecified atom stereocenters. The van der Waals surface area contributed by atoms with Crippen LogP contribution >= 0.6 is 11.6 Å². The molecule has 0 aromatic heterocycles. The highest BCUT2D eigenvalue weighted by atomic mass is 35.5. The number of benzene rings is 1. The van der Waals surface area contributed by atoms with E-state index in [1.165, 1.54) is 12.1 Å². The molecule has 1 atom stereocenters. The average molecular weight is 273 g/mol. The van der Waals surface area contributed by atoms with Gasteiger partial charge in [0.05, 0.1) is 0 Å². The van der Waals surface area contributed by atoms with Gasteiger partial charge in [0.1, 0.15) is 0 Å². The summed E-state index contributed by atoms with van der Waals surface area (Å²) >= 11 is 6.07. The highest BCUT2D eigenvalue weighted by molar-refractivity contribution is 6.30. The first-order chi connectivity index (χ1) is 9.06. The largest absolute Gasteiger partial charge is 0.398 e. The van der Waals surface area contributed by atoms with E-state index in [2.05, 4.69) is 30.6 Å². The maximum Gasteiger partial charge on any atom is 0.0413 e. The van der Waals surface area contributed by atoms with Crippen LogP contribution in [-0.4, -0.2) is 10.9 Å². The Hall–Kier alpha value is -1.67. The van der Waals surface area contributed by atoms with E-state index < -0.39 is 0 Å². The van der Waals surface area contributed by atoms with E-state index in [9.17, 15) is 0 Å². The first kappa shape index (κ1) is 12.4. The smallest absolute Gasteiger partial charge is 0.0413 e. The molecule has 3 rings (SSSR count). The number of allylic oxidation sites excluding steroid dienone is 4. The lowest BCUT2D eigenvalue weighted by Crippen LogP contribution is -2.25. The maximum atomic E-state index is 6.07. The summed E-state index contributed by atoms with van der Waals surface area (Å²) in [5, 5.41) is 0.705. The zero-order chi connectivity index (χ0) is 13.6. The Bertz CT molecular complexity index is 613. The molecule has 3 heteroatoms. The van der Waals surface area contributed by atoms with Gasteiger partial charge in [-0.2, -0.15) is 0 Å². The molecule has 0 radical (unpaired) electrons. The predicted molar refractivity (Wildman–Crippen MR) is 81.6 cm³/mol. The number of halogens is 1. The van der Waals surface area contributed by atoms with Gasteiger partial charge < -0.3 is 10.6 Å². The van der Waals surface area contributed by atoms with Gasteiger partial charge in [-0.1, -0.05) is 18.2 Å². The summed E-state index contributed by atoms with van der Waals surface area (Å²) < 4.78 is 0. The van der Waals surface area contributed by atoms with E-state index in [0.29, 0.717) is 11.1 Å². The number of nitrogens with two attached hydrogens (primary N) is 1. The summed E-state index contributed by atoms with van der Waals surface area (Å²) in [5.41, 5.74) is 11.3. The summed E-state index contributed by atoms with van der Waals surface area (Å²) in [6.45, 7) is 6.40. The Morgan fingerprint density at radius 1 is 1.37 bits per heavy atom. The summed E-state index contributed by atoms with van der Waals surface area (Å²) in [7, 11) is 0. The minimum absolute atomic E-state index is 0.535. The summed E-state index contributed by atoms with van der Waals surface area (Å²) in [5.74, 6) is 0. The molecule has 0 bridgehead atoms. The molecule has 1 fully saturated rings. The number of hydrogen-bond acceptors (Lipinski definition) is 2. The average Bonchev–Trinajstić information content (AvgIpc) is 2.74. The third-order valence-electron chi connectivity index (χ3n) is 3.85. The Balaban J connectivity index is 2.05. The van der Waals surface area contributed by atoms with Crippen LogP contribution < -0.4 is 5.73 Å². The predicted octanol–water partition coefficient (Wildman–Crippen LogP) is 4.20. The van der Waals surface area contributed by atoms with Crippen molar-refractivity contribution in [3.63, 3.8) is 0 Å². The third kappa shape index (κ3) is 2.06. The van der Waals surface area contributed by atoms with Crippen molar-refractivity contribution in [1.29, 1.82) is 0 Å². The van der Waals surface area contributed by atoms with E-state index in [4.69, 9.17) is 17.3 Å². The van der Waals surface area contributed by atoms with Crippen LogP contribution in [0.5, 0.6) is 0 Å². The lowest BCUT2D eigenvalue weighted by Gasteiger charge is -2.30. The first-order valence-electron chi connectivity index (χ1n) is 6.52. The van der Waals surface area contributed by atoms with Crippen LogP contribution in [0, 0.1) is 0 Å². The van der Waals surface area contributed by atoms with Gasteiger partial charge in [0.25, 0.3) is 0 Å². The topological polar surface area (TPSA) is 29.3 Å². The monoisotopic (exact) mass is 272 g/mol. The molecule has 1 aromatic carbocycles. The van der Waals surface area contributed by atoms with Crippen molar-refractivity contribution in [1.82, 2.24) is 4.90 Å². The zero-order valence-electron chi connectivity index (χ0n) is 11.0. The molecule has 0 saturated carbocycles. The Morgan fingerprint density at radius 3 is 2.95 bits per heavy atom. The lowest BCUT2D eigenvalue weighted by atomic mass is 9.99. The Labute approximate surface area is 118 Å². The fourth-order valence-electron chi connectivity index (χ4n) is 2.90. The van der Waals surface area contributed by atoms with Crippen molar-refractivity contribution >= 4 is 22.9 Å². The molecular weight excluding hydrogens is 256 g/mol. The van der Waals surface area contributed by atoms with E-state index in [1.807, 2.05) is 18.2 Å². The molecule has 2 N–H and O–H groups in total. The molecule has 1 aromatic rings. The lowest BCUT2D eigenvalue weighted by molar-refractivity contribution is 0.395. The minimum Gasteiger partial charge on any atom is -0.398 e. The fourth-order valence-corrected chi connectivity index (χ4v) is 3.07. The van der Waals surface area contributed by atoms with E-state index >= 15 is 0 Å². The minimum atomic E-state index is 0.535. The van der Waals surface area contributed by atoms with Crippen molar-refractivity contribution < 1.29 is 0 Å². The number of hydrogen-bond donors (Lipinski definition) is 1. The second kappa shape index (κ2) is 4.46. The van der Waals surface area contributed by atoms with Crippen LogP contribution in [-0.2, 0) is 0 Å². The van der Waals surface area contributed by atoms with Crippen LogP contribution in [0.25, 0.3) is 5.57 Å². The van der Waals surface area contributed by atoms with Crippen LogP contribution in [0.1, 0.15) is 25.3 Å². The van der Waals surface area contributed by atoms with Crippen LogP contribution in [0.4, 0.5) is 5.69 Å². The van der Waals surface area contributed by atoms with Gasteiger partial charge in [-0.25, -0.2) is 0 Å². The molecule has 2 heterocycles. The molecule has 0 aliphatic carbocycles. The molecule has 0 spiro atoms. The molecule has 2 aliphatic rings. The van der Waals surface area contributed by atoms with Gasteiger partial charge in [0.15, 0.2) is 0 Å². The van der Waals surface area contributed by atoms with Crippen LogP contribution in [0.3, 0.4) is 0 Å². The number of rotatable bonds is 1. The zero-order valence-corrected chi connectivity index (χ0v) is 11.7. The molecule has 98 valence electrons. The number of anilines is 1. The number of nitrogens with zero attached hydrogens (tertiary/aromatic N) is 1. The highest BCUT2D eigenvalue weighted by Crippen LogP contribution is 2.39. The molecule has 2 aliphatic heterocycles. The van der Waals surface area contributed by atoms with Gasteiger partial charge in [-0.15, -0.1) is 0 Å². The van der Waals surface area contributed by atoms with E-state index in [1.54, 1.807) is 0 Å². The van der Waals surface area contributed by atoms with E-state index in [-0.39, 0.29) is 0 Å². The molecular formula is C16H17ClN2. The second-order valence-corrected chi connectivity index (χ2v) is 5.65. The SMILES string of the molecule is C=C1C=C(c2cc(Cl)ccc2N)C=C2CCC(C)N12. The number of fused-ring (bicyclic) bond motifs is 1. The second-order valence-electron chi connectivity index (χ2n) is 5.22. The molecule has 19 heavy (non-hydrogen) atoms. The molecule has 0 amide bonds. The van der Waals surface area contributed by atoms with Crippen molar-refractivity contribution in [2.45, 2.75) is 25.8 Å². The highest BCUT2D eigenvalue weighted by Gasteiger charge is 2.28. The standard InChI is InChI=1S/C16H17ClN2/c1-10-3-5-14-8-12(7-11(2)19(10)14)15-9-13(17)4-6-16(15)18/h4,6-10H,2-3,5,18H2,1H3. The van der Waals surface area contributed by atoms with E-state index in [0.717, 1.165) is 28.9 Å². The van der Waals surface area contributed by atoms with Crippen molar-refractivity contribution in [2.75, 3.05) is 5.73 Å². The van der Waals surface area contributed by atoms with Crippen molar-refractivity contribution in [2.24, 2.45) is 0 Å². The van der Waals surface area contributed by atoms with Gasteiger partial charge in [0, 0.05) is 33.7 Å². The van der Waals surface area contributed by atoms with Crippen LogP contribution in [0.15, 0.2) is 48.3 Å². The van der Waals surface area contributed by atoms with Gasteiger partial charge >= 0.3 is 0 Å². The molecule has 1 saturated heterocycles. The summed E-state index contributed by atoms with van der Waals surface area (Å²) in [6, 6.07) is 6.12. The quantitative estimate of drug-likeness (QED) is 0.777. The van der Waals surface area contributed by atoms with Crippen molar-refractivity contribution in [3.8, 4) is 0 Å². The van der Waals surface area contributed by atoms with Gasteiger partial charge in [-0.3, -0.25) is 0 Å². The summed E-state index contributed by atoms with van der Waals surface area (Å²) in [4.78, 5) is 2.31. The van der Waals surface area contributed by atoms with Crippen LogP contribution in [0.2, 0.25) is 5.02 Å². The fraction of sp³-hybridized carbons (Fsp3) is 0.250.